The third-order valence-corrected chi connectivity index (χ3v) is 5.00. The van der Waals surface area contributed by atoms with Crippen molar-refractivity contribution in [3.63, 3.8) is 0 Å². The highest BCUT2D eigenvalue weighted by atomic mass is 16.5. The quantitative estimate of drug-likeness (QED) is 0.827. The van der Waals surface area contributed by atoms with Gasteiger partial charge in [-0.25, -0.2) is 9.97 Å². The molecule has 2 aliphatic heterocycles. The average molecular weight is 385 g/mol. The van der Waals surface area contributed by atoms with Crippen LogP contribution in [0.2, 0.25) is 0 Å². The van der Waals surface area contributed by atoms with E-state index in [-0.39, 0.29) is 17.9 Å². The van der Waals surface area contributed by atoms with Crippen LogP contribution >= 0.6 is 0 Å². The molecule has 0 saturated carbocycles. The molecule has 1 unspecified atom stereocenters. The molecule has 4 heterocycles. The Balaban J connectivity index is 1.28. The predicted octanol–water partition coefficient (Wildman–Crippen LogP) is 1.26. The van der Waals surface area contributed by atoms with E-state index in [9.17, 15) is 9.59 Å². The molecule has 1 atom stereocenters. The first-order valence-electron chi connectivity index (χ1n) is 9.50. The normalized spacial score (nSPS) is 19.6. The molecule has 0 bridgehead atoms. The Morgan fingerprint density at radius 1 is 1.11 bits per heavy atom. The molecule has 2 aliphatic rings. The van der Waals surface area contributed by atoms with E-state index in [1.54, 1.807) is 21.9 Å². The van der Waals surface area contributed by atoms with Gasteiger partial charge in [-0.2, -0.15) is 0 Å². The highest BCUT2D eigenvalue weighted by molar-refractivity contribution is 5.94. The highest BCUT2D eigenvalue weighted by Crippen LogP contribution is 2.14. The van der Waals surface area contributed by atoms with Crippen LogP contribution in [0.4, 0.5) is 5.95 Å². The topological polar surface area (TPSA) is 101 Å². The Morgan fingerprint density at radius 2 is 1.82 bits per heavy atom. The van der Waals surface area contributed by atoms with Crippen LogP contribution in [-0.2, 0) is 4.74 Å². The molecule has 2 aromatic heterocycles. The average Bonchev–Trinajstić information content (AvgIpc) is 3.46. The molecule has 2 amide bonds. The lowest BCUT2D eigenvalue weighted by Gasteiger charge is -2.34. The van der Waals surface area contributed by atoms with Gasteiger partial charge < -0.3 is 24.3 Å². The fourth-order valence-corrected chi connectivity index (χ4v) is 3.39. The van der Waals surface area contributed by atoms with Crippen LogP contribution in [0.25, 0.3) is 0 Å². The number of nitrogens with zero attached hydrogens (tertiary/aromatic N) is 4. The number of amides is 2. The van der Waals surface area contributed by atoms with Crippen molar-refractivity contribution in [2.24, 2.45) is 0 Å². The summed E-state index contributed by atoms with van der Waals surface area (Å²) in [7, 11) is 0. The monoisotopic (exact) mass is 385 g/mol. The number of hydrogen-bond acceptors (Lipinski definition) is 7. The molecule has 28 heavy (non-hydrogen) atoms. The summed E-state index contributed by atoms with van der Waals surface area (Å²) >= 11 is 0. The SMILES string of the molecule is O=C(c1cnc(NCC2CCCO2)nc1)N1CCN(C(=O)c2ccco2)CC1. The van der Waals surface area contributed by atoms with Gasteiger partial charge in [0.05, 0.1) is 17.9 Å². The van der Waals surface area contributed by atoms with Crippen molar-refractivity contribution < 1.29 is 18.7 Å². The number of nitrogens with one attached hydrogen (secondary N) is 1. The van der Waals surface area contributed by atoms with Crippen molar-refractivity contribution >= 4 is 17.8 Å². The summed E-state index contributed by atoms with van der Waals surface area (Å²) in [5, 5.41) is 3.14. The van der Waals surface area contributed by atoms with Crippen LogP contribution < -0.4 is 5.32 Å². The number of hydrogen-bond donors (Lipinski definition) is 1. The molecule has 2 fully saturated rings. The fraction of sp³-hybridized carbons (Fsp3) is 0.474. The number of piperazine rings is 1. The molecular formula is C19H23N5O4. The van der Waals surface area contributed by atoms with Gasteiger partial charge in [-0.05, 0) is 25.0 Å². The van der Waals surface area contributed by atoms with Crippen molar-refractivity contribution in [1.29, 1.82) is 0 Å². The van der Waals surface area contributed by atoms with Gasteiger partial charge in [-0.3, -0.25) is 9.59 Å². The Morgan fingerprint density at radius 3 is 2.43 bits per heavy atom. The number of carbonyl (C=O) groups excluding carboxylic acids is 2. The molecule has 9 heteroatoms. The van der Waals surface area contributed by atoms with Gasteiger partial charge in [0.2, 0.25) is 5.95 Å². The van der Waals surface area contributed by atoms with Crippen LogP contribution in [0.5, 0.6) is 0 Å². The third-order valence-electron chi connectivity index (χ3n) is 5.00. The summed E-state index contributed by atoms with van der Waals surface area (Å²) in [6.45, 7) is 3.33. The van der Waals surface area contributed by atoms with Crippen LogP contribution in [0.1, 0.15) is 33.8 Å². The maximum atomic E-state index is 12.7. The summed E-state index contributed by atoms with van der Waals surface area (Å²) < 4.78 is 10.7. The lowest BCUT2D eigenvalue weighted by Crippen LogP contribution is -2.50. The predicted molar refractivity (Wildman–Crippen MR) is 100 cm³/mol. The first-order chi connectivity index (χ1) is 13.7. The zero-order valence-electron chi connectivity index (χ0n) is 15.5. The molecule has 4 rings (SSSR count). The Labute approximate surface area is 162 Å². The van der Waals surface area contributed by atoms with Crippen molar-refractivity contribution in [2.45, 2.75) is 18.9 Å². The molecule has 0 aromatic carbocycles. The minimum Gasteiger partial charge on any atom is -0.459 e. The highest BCUT2D eigenvalue weighted by Gasteiger charge is 2.27. The Kier molecular flexibility index (Phi) is 5.52. The molecule has 0 radical (unpaired) electrons. The maximum Gasteiger partial charge on any atom is 0.289 e. The summed E-state index contributed by atoms with van der Waals surface area (Å²) in [6, 6.07) is 3.33. The first kappa shape index (κ1) is 18.4. The smallest absolute Gasteiger partial charge is 0.289 e. The van der Waals surface area contributed by atoms with Crippen molar-refractivity contribution in [2.75, 3.05) is 44.6 Å². The van der Waals surface area contributed by atoms with Gasteiger partial charge in [-0.1, -0.05) is 0 Å². The zero-order valence-corrected chi connectivity index (χ0v) is 15.5. The fourth-order valence-electron chi connectivity index (χ4n) is 3.39. The number of carbonyl (C=O) groups is 2. The molecular weight excluding hydrogens is 362 g/mol. The van der Waals surface area contributed by atoms with Crippen LogP contribution in [0.3, 0.4) is 0 Å². The van der Waals surface area contributed by atoms with Gasteiger partial charge in [0, 0.05) is 51.7 Å². The second-order valence-corrected chi connectivity index (χ2v) is 6.87. The van der Waals surface area contributed by atoms with Gasteiger partial charge in [0.15, 0.2) is 5.76 Å². The van der Waals surface area contributed by atoms with Gasteiger partial charge >= 0.3 is 0 Å². The largest absolute Gasteiger partial charge is 0.459 e. The van der Waals surface area contributed by atoms with E-state index in [0.717, 1.165) is 19.4 Å². The molecule has 2 aromatic rings. The number of aromatic nitrogens is 2. The molecule has 148 valence electrons. The standard InChI is InChI=1S/C19H23N5O4/c25-17(14-11-20-19(21-12-14)22-13-15-3-1-9-27-15)23-5-7-24(8-6-23)18(26)16-4-2-10-28-16/h2,4,10-12,15H,1,3,5-9,13H2,(H,20,21,22). The van der Waals surface area contributed by atoms with E-state index in [0.29, 0.717) is 50.0 Å². The lowest BCUT2D eigenvalue weighted by atomic mass is 10.2. The first-order valence-corrected chi connectivity index (χ1v) is 9.50. The number of ether oxygens (including phenoxy) is 1. The summed E-state index contributed by atoms with van der Waals surface area (Å²) in [4.78, 5) is 36.8. The van der Waals surface area contributed by atoms with E-state index in [1.165, 1.54) is 18.7 Å². The summed E-state index contributed by atoms with van der Waals surface area (Å²) in [5.74, 6) is 0.526. The zero-order chi connectivity index (χ0) is 19.3. The Hall–Kier alpha value is -2.94. The number of rotatable bonds is 5. The number of anilines is 1. The minimum absolute atomic E-state index is 0.129. The summed E-state index contributed by atoms with van der Waals surface area (Å²) in [5.41, 5.74) is 0.438. The Bertz CT molecular complexity index is 794. The molecule has 0 spiro atoms. The summed E-state index contributed by atoms with van der Waals surface area (Å²) in [6.07, 6.45) is 6.87. The van der Waals surface area contributed by atoms with Crippen molar-refractivity contribution in [3.8, 4) is 0 Å². The number of furan rings is 1. The molecule has 2 saturated heterocycles. The lowest BCUT2D eigenvalue weighted by molar-refractivity contribution is 0.0517. The van der Waals surface area contributed by atoms with E-state index in [2.05, 4.69) is 15.3 Å². The van der Waals surface area contributed by atoms with Gasteiger partial charge in [0.25, 0.3) is 11.8 Å². The van der Waals surface area contributed by atoms with Crippen LogP contribution in [-0.4, -0.2) is 77.0 Å². The molecule has 9 nitrogen and oxygen atoms in total. The van der Waals surface area contributed by atoms with Crippen LogP contribution in [0.15, 0.2) is 35.2 Å². The minimum atomic E-state index is -0.151. The second-order valence-electron chi connectivity index (χ2n) is 6.87. The van der Waals surface area contributed by atoms with E-state index in [4.69, 9.17) is 9.15 Å². The van der Waals surface area contributed by atoms with E-state index < -0.39 is 0 Å². The molecule has 1 N–H and O–H groups in total. The third kappa shape index (κ3) is 4.14. The van der Waals surface area contributed by atoms with Crippen molar-refractivity contribution in [3.05, 3.63) is 42.1 Å². The van der Waals surface area contributed by atoms with E-state index >= 15 is 0 Å². The van der Waals surface area contributed by atoms with E-state index in [1.807, 2.05) is 0 Å². The maximum absolute atomic E-state index is 12.7. The van der Waals surface area contributed by atoms with Crippen LogP contribution in [0, 0.1) is 0 Å². The van der Waals surface area contributed by atoms with Gasteiger partial charge in [0.1, 0.15) is 0 Å². The molecule has 0 aliphatic carbocycles. The van der Waals surface area contributed by atoms with Crippen molar-refractivity contribution in [1.82, 2.24) is 19.8 Å². The second kappa shape index (κ2) is 8.39. The van der Waals surface area contributed by atoms with Gasteiger partial charge in [-0.15, -0.1) is 0 Å².